The zero-order valence-corrected chi connectivity index (χ0v) is 16.9. The molecule has 0 radical (unpaired) electrons. The highest BCUT2D eigenvalue weighted by Gasteiger charge is 2.15. The fourth-order valence-electron chi connectivity index (χ4n) is 2.69. The van der Waals surface area contributed by atoms with E-state index in [0.29, 0.717) is 25.1 Å². The first-order valence-corrected chi connectivity index (χ1v) is 9.79. The molecule has 0 bridgehead atoms. The molecule has 30 heavy (non-hydrogen) atoms. The third-order valence-corrected chi connectivity index (χ3v) is 4.24. The lowest BCUT2D eigenvalue weighted by Gasteiger charge is -2.19. The van der Waals surface area contributed by atoms with Crippen LogP contribution in [0.15, 0.2) is 54.6 Å². The Morgan fingerprint density at radius 3 is 2.50 bits per heavy atom. The molecule has 0 fully saturated rings. The van der Waals surface area contributed by atoms with E-state index in [-0.39, 0.29) is 19.3 Å². The van der Waals surface area contributed by atoms with Gasteiger partial charge in [0.05, 0.1) is 0 Å². The molecule has 0 saturated carbocycles. The number of carbonyl (C=O) groups is 2. The predicted octanol–water partition coefficient (Wildman–Crippen LogP) is 2.31. The fourth-order valence-corrected chi connectivity index (χ4v) is 2.69. The van der Waals surface area contributed by atoms with E-state index >= 15 is 0 Å². The van der Waals surface area contributed by atoms with Crippen LogP contribution in [0.2, 0.25) is 0 Å². The summed E-state index contributed by atoms with van der Waals surface area (Å²) >= 11 is 0. The number of ether oxygens (including phenoxy) is 2. The number of aliphatic carboxylic acids is 1. The van der Waals surface area contributed by atoms with E-state index in [1.165, 1.54) is 0 Å². The summed E-state index contributed by atoms with van der Waals surface area (Å²) in [7, 11) is 0. The lowest BCUT2D eigenvalue weighted by Crippen LogP contribution is -2.41. The van der Waals surface area contributed by atoms with Gasteiger partial charge in [-0.05, 0) is 37.0 Å². The van der Waals surface area contributed by atoms with Crippen molar-refractivity contribution in [1.82, 2.24) is 10.6 Å². The van der Waals surface area contributed by atoms with Crippen LogP contribution in [0.3, 0.4) is 0 Å². The summed E-state index contributed by atoms with van der Waals surface area (Å²) in [5.41, 5.74) is 1.90. The van der Waals surface area contributed by atoms with Crippen LogP contribution in [-0.2, 0) is 22.6 Å². The van der Waals surface area contributed by atoms with Gasteiger partial charge >= 0.3 is 12.1 Å². The number of aliphatic hydroxyl groups is 1. The second kappa shape index (κ2) is 12.5. The van der Waals surface area contributed by atoms with Crippen LogP contribution < -0.4 is 15.4 Å². The van der Waals surface area contributed by atoms with Crippen LogP contribution in [0.25, 0.3) is 0 Å². The maximum atomic E-state index is 11.8. The van der Waals surface area contributed by atoms with E-state index in [4.69, 9.17) is 14.6 Å². The van der Waals surface area contributed by atoms with Gasteiger partial charge in [-0.15, -0.1) is 0 Å². The highest BCUT2D eigenvalue weighted by Crippen LogP contribution is 2.20. The van der Waals surface area contributed by atoms with Crippen LogP contribution in [0.4, 0.5) is 4.79 Å². The van der Waals surface area contributed by atoms with E-state index < -0.39 is 18.3 Å². The summed E-state index contributed by atoms with van der Waals surface area (Å²) in [6.07, 6.45) is -1.04. The number of nitrogens with one attached hydrogen (secondary N) is 2. The van der Waals surface area contributed by atoms with E-state index in [1.807, 2.05) is 54.6 Å². The standard InChI is InChI=1S/C22H28N2O6/c1-16(14-24-20(25)21(26)27)30-19-12-6-5-10-18(19)11-7-13-23-22(28)29-15-17-8-3-2-4-9-17/h2-6,8-10,12,16,20,24-25H,7,11,13-15H2,1H3,(H,23,28)(H,26,27)/t16-,20+/m1/s1. The molecule has 4 N–H and O–H groups in total. The van der Waals surface area contributed by atoms with E-state index in [0.717, 1.165) is 11.1 Å². The highest BCUT2D eigenvalue weighted by molar-refractivity contribution is 5.71. The largest absolute Gasteiger partial charge is 0.489 e. The van der Waals surface area contributed by atoms with Crippen LogP contribution in [-0.4, -0.2) is 47.7 Å². The topological polar surface area (TPSA) is 117 Å². The monoisotopic (exact) mass is 416 g/mol. The minimum atomic E-state index is -1.63. The van der Waals surface area contributed by atoms with Gasteiger partial charge in [-0.25, -0.2) is 9.59 Å². The number of hydrogen-bond acceptors (Lipinski definition) is 6. The second-order valence-electron chi connectivity index (χ2n) is 6.78. The van der Waals surface area contributed by atoms with Gasteiger partial charge in [0.2, 0.25) is 6.23 Å². The van der Waals surface area contributed by atoms with Crippen molar-refractivity contribution in [2.75, 3.05) is 13.1 Å². The molecule has 0 aliphatic rings. The summed E-state index contributed by atoms with van der Waals surface area (Å²) in [6.45, 7) is 2.65. The normalized spacial score (nSPS) is 12.6. The third kappa shape index (κ3) is 8.50. The quantitative estimate of drug-likeness (QED) is 0.310. The molecule has 0 aliphatic heterocycles. The van der Waals surface area contributed by atoms with Crippen molar-refractivity contribution in [3.05, 3.63) is 65.7 Å². The van der Waals surface area contributed by atoms with E-state index in [2.05, 4.69) is 10.6 Å². The first-order chi connectivity index (χ1) is 14.5. The Morgan fingerprint density at radius 1 is 1.07 bits per heavy atom. The maximum Gasteiger partial charge on any atom is 0.407 e. The van der Waals surface area contributed by atoms with Crippen LogP contribution in [0.1, 0.15) is 24.5 Å². The number of aryl methyl sites for hydroxylation is 1. The van der Waals surface area contributed by atoms with Crippen molar-refractivity contribution in [2.45, 2.75) is 38.7 Å². The number of alkyl carbamates (subject to hydrolysis) is 1. The molecule has 2 rings (SSSR count). The highest BCUT2D eigenvalue weighted by atomic mass is 16.5. The maximum absolute atomic E-state index is 11.8. The van der Waals surface area contributed by atoms with Gasteiger partial charge in [-0.2, -0.15) is 0 Å². The smallest absolute Gasteiger partial charge is 0.407 e. The summed E-state index contributed by atoms with van der Waals surface area (Å²) in [6, 6.07) is 17.0. The molecule has 162 valence electrons. The van der Waals surface area contributed by atoms with Crippen molar-refractivity contribution in [3.63, 3.8) is 0 Å². The summed E-state index contributed by atoms with van der Waals surface area (Å²) < 4.78 is 11.0. The molecule has 0 saturated heterocycles. The van der Waals surface area contributed by atoms with Crippen molar-refractivity contribution in [2.24, 2.45) is 0 Å². The lowest BCUT2D eigenvalue weighted by molar-refractivity contribution is -0.148. The van der Waals surface area contributed by atoms with Crippen LogP contribution in [0.5, 0.6) is 5.75 Å². The molecule has 8 nitrogen and oxygen atoms in total. The number of aliphatic hydroxyl groups excluding tert-OH is 1. The molecule has 0 heterocycles. The lowest BCUT2D eigenvalue weighted by atomic mass is 10.1. The Balaban J connectivity index is 1.71. The van der Waals surface area contributed by atoms with Gasteiger partial charge in [0.25, 0.3) is 0 Å². The Labute approximate surface area is 175 Å². The SMILES string of the molecule is C[C@H](CN[C@@H](O)C(=O)O)Oc1ccccc1CCCNC(=O)OCc1ccccc1. The average molecular weight is 416 g/mol. The summed E-state index contributed by atoms with van der Waals surface area (Å²) in [5, 5.41) is 23.2. The third-order valence-electron chi connectivity index (χ3n) is 4.24. The first kappa shape index (κ1) is 23.2. The number of rotatable bonds is 12. The molecule has 2 aromatic carbocycles. The Kier molecular flexibility index (Phi) is 9.63. The summed E-state index contributed by atoms with van der Waals surface area (Å²) in [5.74, 6) is -0.652. The Bertz CT molecular complexity index is 799. The number of carbonyl (C=O) groups excluding carboxylic acids is 1. The molecule has 0 aromatic heterocycles. The Morgan fingerprint density at radius 2 is 1.77 bits per heavy atom. The molecule has 0 aliphatic carbocycles. The number of carboxylic acid groups (broad SMARTS) is 1. The van der Waals surface area contributed by atoms with Gasteiger partial charge in [-0.1, -0.05) is 48.5 Å². The molecule has 8 heteroatoms. The summed E-state index contributed by atoms with van der Waals surface area (Å²) in [4.78, 5) is 22.4. The van der Waals surface area contributed by atoms with Gasteiger partial charge < -0.3 is 25.0 Å². The van der Waals surface area contributed by atoms with Crippen molar-refractivity contribution < 1.29 is 29.3 Å². The van der Waals surface area contributed by atoms with Crippen molar-refractivity contribution in [3.8, 4) is 5.75 Å². The minimum absolute atomic E-state index is 0.177. The van der Waals surface area contributed by atoms with Crippen molar-refractivity contribution in [1.29, 1.82) is 0 Å². The van der Waals surface area contributed by atoms with Gasteiger partial charge in [0, 0.05) is 13.1 Å². The molecule has 1 amide bonds. The minimum Gasteiger partial charge on any atom is -0.489 e. The molecule has 2 aromatic rings. The molecule has 0 spiro atoms. The number of benzene rings is 2. The van der Waals surface area contributed by atoms with E-state index in [1.54, 1.807) is 6.92 Å². The van der Waals surface area contributed by atoms with E-state index in [9.17, 15) is 14.7 Å². The predicted molar refractivity (Wildman–Crippen MR) is 111 cm³/mol. The first-order valence-electron chi connectivity index (χ1n) is 9.79. The molecule has 2 atom stereocenters. The number of amides is 1. The van der Waals surface area contributed by atoms with Gasteiger partial charge in [0.15, 0.2) is 0 Å². The van der Waals surface area contributed by atoms with Crippen LogP contribution >= 0.6 is 0 Å². The van der Waals surface area contributed by atoms with Crippen LogP contribution in [0, 0.1) is 0 Å². The molecular formula is C22H28N2O6. The second-order valence-corrected chi connectivity index (χ2v) is 6.78. The number of para-hydroxylation sites is 1. The fraction of sp³-hybridized carbons (Fsp3) is 0.364. The zero-order chi connectivity index (χ0) is 21.8. The molecule has 0 unspecified atom stereocenters. The number of hydrogen-bond donors (Lipinski definition) is 4. The number of carboxylic acids is 1. The van der Waals surface area contributed by atoms with Gasteiger partial charge in [-0.3, -0.25) is 5.32 Å². The molecular weight excluding hydrogens is 388 g/mol. The van der Waals surface area contributed by atoms with Gasteiger partial charge in [0.1, 0.15) is 18.5 Å². The Hall–Kier alpha value is -3.10. The zero-order valence-electron chi connectivity index (χ0n) is 16.9. The van der Waals surface area contributed by atoms with Crippen molar-refractivity contribution >= 4 is 12.1 Å². The average Bonchev–Trinajstić information content (AvgIpc) is 2.75.